The van der Waals surface area contributed by atoms with E-state index >= 15 is 0 Å². The topological polar surface area (TPSA) is 82.8 Å². The third-order valence-electron chi connectivity index (χ3n) is 2.07. The van der Waals surface area contributed by atoms with E-state index in [9.17, 15) is 0 Å². The second kappa shape index (κ2) is 3.82. The van der Waals surface area contributed by atoms with Crippen molar-refractivity contribution in [1.82, 2.24) is 14.9 Å². The van der Waals surface area contributed by atoms with Crippen molar-refractivity contribution in [2.75, 3.05) is 17.8 Å². The first-order valence-electron chi connectivity index (χ1n) is 4.33. The molecule has 0 saturated carbocycles. The van der Waals surface area contributed by atoms with Crippen molar-refractivity contribution in [2.45, 2.75) is 4.90 Å². The summed E-state index contributed by atoms with van der Waals surface area (Å²) in [4.78, 5) is 1.19. The van der Waals surface area contributed by atoms with Crippen LogP contribution in [0.3, 0.4) is 0 Å². The molecular weight excluding hydrogens is 210 g/mol. The first-order valence-corrected chi connectivity index (χ1v) is 5.55. The third-order valence-corrected chi connectivity index (χ3v) is 2.81. The summed E-state index contributed by atoms with van der Waals surface area (Å²) in [6.45, 7) is 0. The van der Waals surface area contributed by atoms with Crippen LogP contribution in [0.25, 0.3) is 11.4 Å². The van der Waals surface area contributed by atoms with Crippen LogP contribution in [0.4, 0.5) is 5.95 Å². The van der Waals surface area contributed by atoms with Gasteiger partial charge in [-0.25, -0.2) is 4.68 Å². The zero-order chi connectivity index (χ0) is 10.8. The summed E-state index contributed by atoms with van der Waals surface area (Å²) in [5.41, 5.74) is 6.40. The summed E-state index contributed by atoms with van der Waals surface area (Å²) in [6, 6.07) is 7.90. The Kier molecular flexibility index (Phi) is 2.51. The van der Waals surface area contributed by atoms with Crippen molar-refractivity contribution in [3.63, 3.8) is 0 Å². The van der Waals surface area contributed by atoms with Gasteiger partial charge in [-0.05, 0) is 18.4 Å². The fourth-order valence-corrected chi connectivity index (χ4v) is 1.65. The lowest BCUT2D eigenvalue weighted by Gasteiger charge is -2.02. The molecule has 4 N–H and O–H groups in total. The Bertz CT molecular complexity index is 462. The Morgan fingerprint density at radius 1 is 1.20 bits per heavy atom. The average molecular weight is 221 g/mol. The number of nitrogens with two attached hydrogens (primary N) is 2. The Labute approximate surface area is 91.5 Å². The van der Waals surface area contributed by atoms with Crippen LogP contribution in [0, 0.1) is 0 Å². The maximum atomic E-state index is 5.67. The lowest BCUT2D eigenvalue weighted by atomic mass is 10.2. The predicted octanol–water partition coefficient (Wildman–Crippen LogP) is 0.963. The second-order valence-corrected chi connectivity index (χ2v) is 3.86. The largest absolute Gasteiger partial charge is 0.366 e. The van der Waals surface area contributed by atoms with Gasteiger partial charge in [0.15, 0.2) is 5.82 Å². The molecule has 2 rings (SSSR count). The minimum absolute atomic E-state index is 0.207. The average Bonchev–Trinajstić information content (AvgIpc) is 2.60. The van der Waals surface area contributed by atoms with Crippen molar-refractivity contribution in [2.24, 2.45) is 0 Å². The number of nitrogen functional groups attached to an aromatic ring is 2. The Morgan fingerprint density at radius 3 is 2.33 bits per heavy atom. The molecule has 5 nitrogen and oxygen atoms in total. The molecule has 0 radical (unpaired) electrons. The molecule has 1 heterocycles. The van der Waals surface area contributed by atoms with E-state index in [1.807, 2.05) is 30.5 Å². The van der Waals surface area contributed by atoms with Gasteiger partial charge in [-0.2, -0.15) is 0 Å². The molecule has 2 aromatic rings. The van der Waals surface area contributed by atoms with E-state index in [1.54, 1.807) is 11.8 Å². The second-order valence-electron chi connectivity index (χ2n) is 2.98. The molecule has 6 heteroatoms. The first kappa shape index (κ1) is 9.85. The standard InChI is InChI=1S/C9H11N5S/c1-15-7-4-2-6(3-5-7)8-12-13-9(10)14(8)11/h2-5H,11H2,1H3,(H2,10,13). The van der Waals surface area contributed by atoms with Crippen LogP contribution in [0.5, 0.6) is 0 Å². The zero-order valence-corrected chi connectivity index (χ0v) is 9.03. The quantitative estimate of drug-likeness (QED) is 0.583. The molecule has 0 aliphatic carbocycles. The van der Waals surface area contributed by atoms with Gasteiger partial charge in [0, 0.05) is 10.5 Å². The minimum Gasteiger partial charge on any atom is -0.366 e. The maximum absolute atomic E-state index is 5.67. The minimum atomic E-state index is 0.207. The van der Waals surface area contributed by atoms with Crippen LogP contribution in [0.1, 0.15) is 0 Å². The summed E-state index contributed by atoms with van der Waals surface area (Å²) >= 11 is 1.68. The lowest BCUT2D eigenvalue weighted by Crippen LogP contribution is -2.13. The van der Waals surface area contributed by atoms with Crippen LogP contribution in [0.15, 0.2) is 29.2 Å². The summed E-state index contributed by atoms with van der Waals surface area (Å²) in [5, 5.41) is 7.59. The van der Waals surface area contributed by atoms with Crippen LogP contribution in [0.2, 0.25) is 0 Å². The van der Waals surface area contributed by atoms with Gasteiger partial charge in [0.1, 0.15) is 0 Å². The Hall–Kier alpha value is -1.69. The number of rotatable bonds is 2. The van der Waals surface area contributed by atoms with Gasteiger partial charge >= 0.3 is 0 Å². The van der Waals surface area contributed by atoms with Gasteiger partial charge in [-0.1, -0.05) is 12.1 Å². The number of hydrogen-bond donors (Lipinski definition) is 2. The summed E-state index contributed by atoms with van der Waals surface area (Å²) in [7, 11) is 0. The highest BCUT2D eigenvalue weighted by Gasteiger charge is 2.08. The number of nitrogens with zero attached hydrogens (tertiary/aromatic N) is 3. The van der Waals surface area contributed by atoms with E-state index in [1.165, 1.54) is 9.57 Å². The maximum Gasteiger partial charge on any atom is 0.241 e. The summed E-state index contributed by atoms with van der Waals surface area (Å²) in [5.74, 6) is 6.44. The zero-order valence-electron chi connectivity index (χ0n) is 8.21. The molecule has 0 aliphatic heterocycles. The van der Waals surface area contributed by atoms with Crippen molar-refractivity contribution >= 4 is 17.7 Å². The van der Waals surface area contributed by atoms with Gasteiger partial charge < -0.3 is 11.6 Å². The molecule has 0 spiro atoms. The number of anilines is 1. The molecule has 0 saturated heterocycles. The van der Waals surface area contributed by atoms with Crippen molar-refractivity contribution in [3.8, 4) is 11.4 Å². The van der Waals surface area contributed by atoms with Crippen LogP contribution >= 0.6 is 11.8 Å². The van der Waals surface area contributed by atoms with Crippen molar-refractivity contribution < 1.29 is 0 Å². The molecular formula is C9H11N5S. The fourth-order valence-electron chi connectivity index (χ4n) is 1.24. The van der Waals surface area contributed by atoms with E-state index in [0.717, 1.165) is 5.56 Å². The Balaban J connectivity index is 2.41. The highest BCUT2D eigenvalue weighted by Crippen LogP contribution is 2.21. The summed E-state index contributed by atoms with van der Waals surface area (Å²) in [6.07, 6.45) is 2.03. The predicted molar refractivity (Wildman–Crippen MR) is 61.8 cm³/mol. The first-order chi connectivity index (χ1) is 7.22. The molecule has 1 aromatic heterocycles. The van der Waals surface area contributed by atoms with Gasteiger partial charge in [0.2, 0.25) is 5.95 Å². The van der Waals surface area contributed by atoms with Gasteiger partial charge in [0.05, 0.1) is 0 Å². The molecule has 0 aliphatic rings. The molecule has 78 valence electrons. The molecule has 0 atom stereocenters. The SMILES string of the molecule is CSc1ccc(-c2nnc(N)n2N)cc1. The molecule has 0 bridgehead atoms. The van der Waals surface area contributed by atoms with Gasteiger partial charge in [-0.3, -0.25) is 0 Å². The van der Waals surface area contributed by atoms with E-state index in [4.69, 9.17) is 11.6 Å². The molecule has 15 heavy (non-hydrogen) atoms. The third kappa shape index (κ3) is 1.75. The van der Waals surface area contributed by atoms with Crippen molar-refractivity contribution in [1.29, 1.82) is 0 Å². The Morgan fingerprint density at radius 2 is 1.87 bits per heavy atom. The number of benzene rings is 1. The number of thioether (sulfide) groups is 1. The van der Waals surface area contributed by atoms with Crippen LogP contribution in [-0.4, -0.2) is 21.1 Å². The summed E-state index contributed by atoms with van der Waals surface area (Å²) < 4.78 is 1.27. The van der Waals surface area contributed by atoms with Crippen molar-refractivity contribution in [3.05, 3.63) is 24.3 Å². The highest BCUT2D eigenvalue weighted by molar-refractivity contribution is 7.98. The number of aromatic nitrogens is 3. The van der Waals surface area contributed by atoms with Crippen LogP contribution < -0.4 is 11.6 Å². The lowest BCUT2D eigenvalue weighted by molar-refractivity contribution is 1.02. The van der Waals surface area contributed by atoms with E-state index < -0.39 is 0 Å². The van der Waals surface area contributed by atoms with Crippen LogP contribution in [-0.2, 0) is 0 Å². The van der Waals surface area contributed by atoms with Gasteiger partial charge in [0.25, 0.3) is 0 Å². The molecule has 1 aromatic carbocycles. The van der Waals surface area contributed by atoms with E-state index in [2.05, 4.69) is 10.2 Å². The normalized spacial score (nSPS) is 10.5. The highest BCUT2D eigenvalue weighted by atomic mass is 32.2. The molecule has 0 fully saturated rings. The monoisotopic (exact) mass is 221 g/mol. The van der Waals surface area contributed by atoms with Gasteiger partial charge in [-0.15, -0.1) is 22.0 Å². The fraction of sp³-hybridized carbons (Fsp3) is 0.111. The smallest absolute Gasteiger partial charge is 0.241 e. The molecule has 0 unspecified atom stereocenters. The van der Waals surface area contributed by atoms with E-state index in [0.29, 0.717) is 5.82 Å². The van der Waals surface area contributed by atoms with E-state index in [-0.39, 0.29) is 5.95 Å². The molecule has 0 amide bonds. The number of hydrogen-bond acceptors (Lipinski definition) is 5.